The molecule has 38 valence electrons. The minimum atomic E-state index is 0. The predicted octanol–water partition coefficient (Wildman–Crippen LogP) is -0.931. The first-order chi connectivity index (χ1) is 3.00. The Morgan fingerprint density at radius 3 is 1.50 bits per heavy atom. The summed E-state index contributed by atoms with van der Waals surface area (Å²) in [6, 6.07) is 12.5. The Labute approximate surface area is 72.2 Å². The minimum Gasteiger partial charge on any atom is -0.184 e. The molecule has 0 fully saturated rings. The molecule has 2 heteroatoms. The summed E-state index contributed by atoms with van der Waals surface area (Å²) in [6.07, 6.45) is 0. The molecule has 0 bridgehead atoms. The van der Waals surface area contributed by atoms with Gasteiger partial charge in [0.1, 0.15) is 0 Å². The third-order valence-electron chi connectivity index (χ3n) is 0.607. The number of halogens is 1. The smallest absolute Gasteiger partial charge is 0.184 e. The van der Waals surface area contributed by atoms with Crippen LogP contribution in [0.5, 0.6) is 0 Å². The van der Waals surface area contributed by atoms with Crippen molar-refractivity contribution >= 4 is 17.0 Å². The van der Waals surface area contributed by atoms with Crippen LogP contribution < -0.4 is 18.9 Å². The number of hydrogen-bond donors (Lipinski definition) is 0. The fourth-order valence-electron chi connectivity index (χ4n) is 0.342. The van der Waals surface area contributed by atoms with E-state index < -0.39 is 0 Å². The minimum absolute atomic E-state index is 0. The Kier molecular flexibility index (Phi) is 10.2. The van der Waals surface area contributed by atoms with Crippen molar-refractivity contribution in [2.45, 2.75) is 0 Å². The van der Waals surface area contributed by atoms with Gasteiger partial charge in [-0.1, -0.05) is 0 Å². The number of rotatable bonds is 0. The van der Waals surface area contributed by atoms with Gasteiger partial charge < -0.3 is 0 Å². The second kappa shape index (κ2) is 7.30. The molecule has 0 aliphatic heterocycles. The quantitative estimate of drug-likeness (QED) is 0.344. The van der Waals surface area contributed by atoms with Gasteiger partial charge in [0, 0.05) is 0 Å². The van der Waals surface area contributed by atoms with E-state index in [-0.39, 0.29) is 35.8 Å². The largest absolute Gasteiger partial charge is 1.00 e. The van der Waals surface area contributed by atoms with Gasteiger partial charge in [-0.05, 0) is 0 Å². The standard InChI is InChI=1S/C6H5.BrH.Li/c1-2-4-6-5-3-1;;/h1-5H;1H;/q-1;;+1. The molecule has 1 rings (SSSR count). The molecule has 0 aliphatic rings. The van der Waals surface area contributed by atoms with E-state index in [4.69, 9.17) is 0 Å². The molecular weight excluding hydrogens is 159 g/mol. The normalized spacial score (nSPS) is 6.00. The van der Waals surface area contributed by atoms with Crippen molar-refractivity contribution in [3.8, 4) is 0 Å². The van der Waals surface area contributed by atoms with E-state index in [9.17, 15) is 0 Å². The van der Waals surface area contributed by atoms with Gasteiger partial charge in [-0.25, -0.2) is 0 Å². The van der Waals surface area contributed by atoms with Gasteiger partial charge in [-0.3, -0.25) is 0 Å². The summed E-state index contributed by atoms with van der Waals surface area (Å²) in [6.45, 7) is 0. The summed E-state index contributed by atoms with van der Waals surface area (Å²) in [7, 11) is 0. The maximum absolute atomic E-state index is 2.89. The van der Waals surface area contributed by atoms with Crippen LogP contribution in [0.4, 0.5) is 0 Å². The molecule has 0 aromatic heterocycles. The third kappa shape index (κ3) is 4.46. The van der Waals surface area contributed by atoms with Crippen molar-refractivity contribution < 1.29 is 18.9 Å². The van der Waals surface area contributed by atoms with E-state index in [2.05, 4.69) is 6.07 Å². The summed E-state index contributed by atoms with van der Waals surface area (Å²) in [5.74, 6) is 0. The average Bonchev–Trinajstić information content (AvgIpc) is 1.72. The Morgan fingerprint density at radius 1 is 0.875 bits per heavy atom. The Bertz CT molecular complexity index is 80.5. The van der Waals surface area contributed by atoms with E-state index in [1.54, 1.807) is 0 Å². The van der Waals surface area contributed by atoms with Crippen molar-refractivity contribution in [3.05, 3.63) is 36.4 Å². The predicted molar refractivity (Wildman–Crippen MR) is 35.6 cm³/mol. The van der Waals surface area contributed by atoms with Crippen LogP contribution in [-0.2, 0) is 0 Å². The summed E-state index contributed by atoms with van der Waals surface area (Å²) in [5, 5.41) is 0. The first kappa shape index (κ1) is 11.1. The van der Waals surface area contributed by atoms with Gasteiger partial charge in [0.05, 0.1) is 0 Å². The summed E-state index contributed by atoms with van der Waals surface area (Å²) < 4.78 is 0. The molecule has 0 N–H and O–H groups in total. The van der Waals surface area contributed by atoms with Crippen molar-refractivity contribution in [2.24, 2.45) is 0 Å². The van der Waals surface area contributed by atoms with Gasteiger partial charge in [-0.2, -0.15) is 36.4 Å². The van der Waals surface area contributed by atoms with Gasteiger partial charge in [-0.15, -0.1) is 17.0 Å². The molecule has 0 radical (unpaired) electrons. The molecule has 8 heavy (non-hydrogen) atoms. The van der Waals surface area contributed by atoms with Gasteiger partial charge in [0.25, 0.3) is 0 Å². The van der Waals surface area contributed by atoms with Crippen LogP contribution in [-0.4, -0.2) is 0 Å². The molecule has 1 aromatic rings. The van der Waals surface area contributed by atoms with Crippen molar-refractivity contribution in [1.29, 1.82) is 0 Å². The molecule has 0 nitrogen and oxygen atoms in total. The molecule has 0 unspecified atom stereocenters. The zero-order valence-corrected chi connectivity index (χ0v) is 6.51. The first-order valence-electron chi connectivity index (χ1n) is 1.91. The van der Waals surface area contributed by atoms with Crippen LogP contribution in [0.15, 0.2) is 30.3 Å². The van der Waals surface area contributed by atoms with Gasteiger partial charge in [0.2, 0.25) is 0 Å². The second-order valence-electron chi connectivity index (χ2n) is 1.08. The van der Waals surface area contributed by atoms with Crippen LogP contribution in [0.2, 0.25) is 0 Å². The summed E-state index contributed by atoms with van der Waals surface area (Å²) >= 11 is 0. The summed E-state index contributed by atoms with van der Waals surface area (Å²) in [4.78, 5) is 0. The Hall–Kier alpha value is 0.297. The monoisotopic (exact) mass is 164 g/mol. The molecule has 1 aromatic carbocycles. The maximum Gasteiger partial charge on any atom is 1.00 e. The molecule has 0 spiro atoms. The molecule has 0 saturated carbocycles. The van der Waals surface area contributed by atoms with E-state index in [1.165, 1.54) is 0 Å². The fraction of sp³-hybridized carbons (Fsp3) is 0. The fourth-order valence-corrected chi connectivity index (χ4v) is 0.342. The zero-order valence-electron chi connectivity index (χ0n) is 4.79. The van der Waals surface area contributed by atoms with E-state index in [0.29, 0.717) is 0 Å². The molecule has 0 heterocycles. The zero-order chi connectivity index (χ0) is 4.24. The Balaban J connectivity index is 0. The second-order valence-corrected chi connectivity index (χ2v) is 1.08. The first-order valence-corrected chi connectivity index (χ1v) is 1.91. The van der Waals surface area contributed by atoms with Crippen molar-refractivity contribution in [3.63, 3.8) is 0 Å². The molecule has 0 amide bonds. The topological polar surface area (TPSA) is 0 Å². The van der Waals surface area contributed by atoms with Crippen LogP contribution in [0.3, 0.4) is 0 Å². The molecular formula is C6H6BrLi. The van der Waals surface area contributed by atoms with Gasteiger partial charge >= 0.3 is 18.9 Å². The van der Waals surface area contributed by atoms with Gasteiger partial charge in [0.15, 0.2) is 0 Å². The van der Waals surface area contributed by atoms with Crippen LogP contribution in [0.1, 0.15) is 0 Å². The van der Waals surface area contributed by atoms with Crippen LogP contribution >= 0.6 is 17.0 Å². The van der Waals surface area contributed by atoms with Crippen LogP contribution in [0, 0.1) is 6.07 Å². The number of hydrogen-bond acceptors (Lipinski definition) is 0. The summed E-state index contributed by atoms with van der Waals surface area (Å²) in [5.41, 5.74) is 0. The molecule has 0 saturated heterocycles. The van der Waals surface area contributed by atoms with Crippen LogP contribution in [0.25, 0.3) is 0 Å². The maximum atomic E-state index is 2.89. The molecule has 0 aliphatic carbocycles. The molecule has 0 atom stereocenters. The third-order valence-corrected chi connectivity index (χ3v) is 0.607. The van der Waals surface area contributed by atoms with Crippen molar-refractivity contribution in [1.82, 2.24) is 0 Å². The van der Waals surface area contributed by atoms with E-state index in [1.807, 2.05) is 30.3 Å². The number of benzene rings is 1. The van der Waals surface area contributed by atoms with E-state index in [0.717, 1.165) is 0 Å². The van der Waals surface area contributed by atoms with Crippen molar-refractivity contribution in [2.75, 3.05) is 0 Å². The SMILES string of the molecule is Br.[Li+].[c-]1ccccc1. The average molecular weight is 165 g/mol. The Morgan fingerprint density at radius 2 is 1.38 bits per heavy atom. The van der Waals surface area contributed by atoms with E-state index >= 15 is 0 Å².